The lowest BCUT2D eigenvalue weighted by atomic mass is 10.0. The Labute approximate surface area is 178 Å². The first-order valence-corrected chi connectivity index (χ1v) is 11.6. The Morgan fingerprint density at radius 2 is 1.93 bits per heavy atom. The van der Waals surface area contributed by atoms with Crippen molar-refractivity contribution < 1.29 is 22.7 Å². The van der Waals surface area contributed by atoms with Crippen LogP contribution < -0.4 is 14.2 Å². The highest BCUT2D eigenvalue weighted by atomic mass is 32.2. The molecular weight excluding hydrogens is 404 g/mol. The van der Waals surface area contributed by atoms with Gasteiger partial charge in [0.05, 0.1) is 19.8 Å². The van der Waals surface area contributed by atoms with E-state index < -0.39 is 21.3 Å². The molecule has 1 N–H and O–H groups in total. The molecule has 8 heteroatoms. The molecule has 1 saturated heterocycles. The van der Waals surface area contributed by atoms with Crippen LogP contribution in [-0.2, 0) is 21.5 Å². The van der Waals surface area contributed by atoms with E-state index in [1.54, 1.807) is 19.2 Å². The van der Waals surface area contributed by atoms with Crippen LogP contribution in [0.4, 0.5) is 0 Å². The summed E-state index contributed by atoms with van der Waals surface area (Å²) in [7, 11) is -0.249. The molecule has 0 aliphatic carbocycles. The normalized spacial score (nSPS) is 20.8. The molecule has 1 heterocycles. The highest BCUT2D eigenvalue weighted by molar-refractivity contribution is 7.90. The smallest absolute Gasteiger partial charge is 0.219 e. The van der Waals surface area contributed by atoms with Gasteiger partial charge in [0, 0.05) is 13.1 Å². The molecule has 0 amide bonds. The molecule has 3 rings (SSSR count). The topological polar surface area (TPSA) is 77.1 Å². The Morgan fingerprint density at radius 3 is 2.60 bits per heavy atom. The second-order valence-electron chi connectivity index (χ2n) is 7.48. The van der Waals surface area contributed by atoms with Crippen molar-refractivity contribution in [2.45, 2.75) is 44.2 Å². The van der Waals surface area contributed by atoms with E-state index in [1.165, 1.54) is 0 Å². The first kappa shape index (κ1) is 22.6. The van der Waals surface area contributed by atoms with E-state index in [0.29, 0.717) is 24.5 Å². The van der Waals surface area contributed by atoms with E-state index in [1.807, 2.05) is 62.4 Å². The third-order valence-corrected chi connectivity index (χ3v) is 7.25. The SMILES string of the molecule is CC[C@H](C)NS(=O)(=O)[C@@H]1CON(C)[C@@H]1c1ccc(OCc2ccccc2)c(OC)c1. The number of nitrogens with one attached hydrogen (secondary N) is 1. The van der Waals surface area contributed by atoms with Gasteiger partial charge in [-0.3, -0.25) is 4.84 Å². The molecule has 0 bridgehead atoms. The second-order valence-corrected chi connectivity index (χ2v) is 9.41. The van der Waals surface area contributed by atoms with Crippen LogP contribution in [0.25, 0.3) is 0 Å². The minimum absolute atomic E-state index is 0.0987. The van der Waals surface area contributed by atoms with Gasteiger partial charge in [-0.05, 0) is 36.6 Å². The van der Waals surface area contributed by atoms with Crippen molar-refractivity contribution in [3.8, 4) is 11.5 Å². The molecule has 3 atom stereocenters. The summed E-state index contributed by atoms with van der Waals surface area (Å²) < 4.78 is 40.1. The second kappa shape index (κ2) is 9.78. The van der Waals surface area contributed by atoms with Gasteiger partial charge in [-0.1, -0.05) is 43.3 Å². The maximum absolute atomic E-state index is 12.9. The molecule has 0 unspecified atom stereocenters. The molecule has 0 radical (unpaired) electrons. The number of benzene rings is 2. The van der Waals surface area contributed by atoms with Crippen LogP contribution >= 0.6 is 0 Å². The van der Waals surface area contributed by atoms with E-state index in [-0.39, 0.29) is 12.6 Å². The summed E-state index contributed by atoms with van der Waals surface area (Å²) in [5, 5.41) is 0.872. The zero-order valence-electron chi connectivity index (χ0n) is 17.9. The molecule has 1 aliphatic rings. The van der Waals surface area contributed by atoms with Gasteiger partial charge in [0.25, 0.3) is 0 Å². The molecule has 1 fully saturated rings. The highest BCUT2D eigenvalue weighted by Gasteiger charge is 2.43. The number of hydrogen-bond acceptors (Lipinski definition) is 6. The van der Waals surface area contributed by atoms with Gasteiger partial charge in [-0.15, -0.1) is 0 Å². The van der Waals surface area contributed by atoms with Gasteiger partial charge >= 0.3 is 0 Å². The number of nitrogens with zero attached hydrogens (tertiary/aromatic N) is 1. The van der Waals surface area contributed by atoms with Crippen LogP contribution in [0, 0.1) is 0 Å². The van der Waals surface area contributed by atoms with Crippen molar-refractivity contribution >= 4 is 10.0 Å². The Morgan fingerprint density at radius 1 is 1.20 bits per heavy atom. The first-order valence-electron chi connectivity index (χ1n) is 10.1. The fourth-order valence-corrected chi connectivity index (χ4v) is 5.26. The number of rotatable bonds is 9. The maximum atomic E-state index is 12.9. The van der Waals surface area contributed by atoms with E-state index in [9.17, 15) is 8.42 Å². The third-order valence-electron chi connectivity index (χ3n) is 5.33. The van der Waals surface area contributed by atoms with Crippen LogP contribution in [0.5, 0.6) is 11.5 Å². The van der Waals surface area contributed by atoms with Crippen LogP contribution in [0.3, 0.4) is 0 Å². The van der Waals surface area contributed by atoms with Crippen molar-refractivity contribution in [3.63, 3.8) is 0 Å². The standard InChI is InChI=1S/C22H30N2O5S/c1-5-16(2)23-30(25,26)21-15-29-24(3)22(21)18-11-12-19(20(13-18)27-4)28-14-17-9-7-6-8-10-17/h6-13,16,21-23H,5,14-15H2,1-4H3/t16-,21+,22+/m0/s1. The lowest BCUT2D eigenvalue weighted by Gasteiger charge is -2.25. The van der Waals surface area contributed by atoms with Crippen molar-refractivity contribution in [2.24, 2.45) is 0 Å². The molecule has 0 spiro atoms. The summed E-state index contributed by atoms with van der Waals surface area (Å²) in [5.41, 5.74) is 1.84. The molecule has 30 heavy (non-hydrogen) atoms. The molecule has 0 saturated carbocycles. The van der Waals surface area contributed by atoms with Gasteiger partial charge in [0.1, 0.15) is 11.9 Å². The van der Waals surface area contributed by atoms with Gasteiger partial charge in [0.2, 0.25) is 10.0 Å². The number of sulfonamides is 1. The van der Waals surface area contributed by atoms with E-state index in [0.717, 1.165) is 11.1 Å². The van der Waals surface area contributed by atoms with Crippen LogP contribution in [-0.4, -0.2) is 45.5 Å². The van der Waals surface area contributed by atoms with Crippen LogP contribution in [0.2, 0.25) is 0 Å². The van der Waals surface area contributed by atoms with E-state index in [4.69, 9.17) is 14.3 Å². The Kier molecular flexibility index (Phi) is 7.36. The third kappa shape index (κ3) is 5.13. The summed E-state index contributed by atoms with van der Waals surface area (Å²) in [4.78, 5) is 5.59. The first-order chi connectivity index (χ1) is 14.4. The zero-order chi connectivity index (χ0) is 21.7. The molecule has 2 aromatic rings. The number of ether oxygens (including phenoxy) is 2. The summed E-state index contributed by atoms with van der Waals surface area (Å²) in [5.74, 6) is 1.15. The predicted octanol–water partition coefficient (Wildman–Crippen LogP) is 3.28. The summed E-state index contributed by atoms with van der Waals surface area (Å²) in [6, 6.07) is 14.8. The summed E-state index contributed by atoms with van der Waals surface area (Å²) in [6.07, 6.45) is 0.717. The predicted molar refractivity (Wildman–Crippen MR) is 116 cm³/mol. The zero-order valence-corrected chi connectivity index (χ0v) is 18.7. The number of methoxy groups -OCH3 is 1. The molecule has 1 aliphatic heterocycles. The van der Waals surface area contributed by atoms with E-state index >= 15 is 0 Å². The monoisotopic (exact) mass is 434 g/mol. The van der Waals surface area contributed by atoms with Crippen molar-refractivity contribution in [3.05, 3.63) is 59.7 Å². The number of hydroxylamine groups is 2. The van der Waals surface area contributed by atoms with Crippen LogP contribution in [0.1, 0.15) is 37.4 Å². The minimum Gasteiger partial charge on any atom is -0.493 e. The molecule has 7 nitrogen and oxygen atoms in total. The van der Waals surface area contributed by atoms with Gasteiger partial charge < -0.3 is 9.47 Å². The molecule has 164 valence electrons. The van der Waals surface area contributed by atoms with Gasteiger partial charge in [0.15, 0.2) is 11.5 Å². The Hall–Kier alpha value is -2.13. The van der Waals surface area contributed by atoms with Crippen molar-refractivity contribution in [1.29, 1.82) is 0 Å². The van der Waals surface area contributed by atoms with Gasteiger partial charge in [-0.2, -0.15) is 5.06 Å². The largest absolute Gasteiger partial charge is 0.493 e. The highest BCUT2D eigenvalue weighted by Crippen LogP contribution is 2.38. The fourth-order valence-electron chi connectivity index (χ4n) is 3.45. The van der Waals surface area contributed by atoms with Crippen molar-refractivity contribution in [2.75, 3.05) is 20.8 Å². The molecular formula is C22H30N2O5S. The molecule has 2 aromatic carbocycles. The summed E-state index contributed by atoms with van der Waals surface area (Å²) >= 11 is 0. The Bertz CT molecular complexity index is 936. The van der Waals surface area contributed by atoms with Crippen LogP contribution in [0.15, 0.2) is 48.5 Å². The lowest BCUT2D eigenvalue weighted by molar-refractivity contribution is -0.110. The fraction of sp³-hybridized carbons (Fsp3) is 0.455. The quantitative estimate of drug-likeness (QED) is 0.653. The average molecular weight is 435 g/mol. The maximum Gasteiger partial charge on any atom is 0.219 e. The minimum atomic E-state index is -3.57. The molecule has 0 aromatic heterocycles. The van der Waals surface area contributed by atoms with E-state index in [2.05, 4.69) is 4.72 Å². The van der Waals surface area contributed by atoms with Gasteiger partial charge in [-0.25, -0.2) is 13.1 Å². The average Bonchev–Trinajstić information content (AvgIpc) is 3.15. The lowest BCUT2D eigenvalue weighted by Crippen LogP contribution is -2.42. The number of hydrogen-bond donors (Lipinski definition) is 1. The van der Waals surface area contributed by atoms with Crippen molar-refractivity contribution in [1.82, 2.24) is 9.79 Å². The summed E-state index contributed by atoms with van der Waals surface area (Å²) in [6.45, 7) is 4.31. The Balaban J connectivity index is 1.82.